The van der Waals surface area contributed by atoms with E-state index in [0.29, 0.717) is 0 Å². The number of carbonyl (C=O) groups is 2. The number of thiocarbonyl (C=S) groups is 1. The van der Waals surface area contributed by atoms with E-state index in [4.69, 9.17) is 21.7 Å². The lowest BCUT2D eigenvalue weighted by Crippen LogP contribution is -2.35. The lowest BCUT2D eigenvalue weighted by atomic mass is 10.2. The van der Waals surface area contributed by atoms with Gasteiger partial charge in [-0.1, -0.05) is 36.4 Å². The van der Waals surface area contributed by atoms with Crippen LogP contribution >= 0.6 is 12.2 Å². The van der Waals surface area contributed by atoms with Crippen LogP contribution in [0.4, 0.5) is 11.4 Å². The van der Waals surface area contributed by atoms with Gasteiger partial charge in [0.2, 0.25) is 0 Å². The fourth-order valence-electron chi connectivity index (χ4n) is 2.36. The molecule has 0 spiro atoms. The average Bonchev–Trinajstić information content (AvgIpc) is 2.70. The van der Waals surface area contributed by atoms with Gasteiger partial charge in [0.15, 0.2) is 10.7 Å². The minimum absolute atomic E-state index is 0.139. The zero-order chi connectivity index (χ0) is 20.4. The van der Waals surface area contributed by atoms with Crippen LogP contribution in [0.15, 0.2) is 72.4 Å². The second-order valence-corrected chi connectivity index (χ2v) is 5.84. The van der Waals surface area contributed by atoms with Gasteiger partial charge in [-0.05, 0) is 50.3 Å². The average molecular weight is 398 g/mol. The maximum atomic E-state index is 12.1. The fourth-order valence-corrected chi connectivity index (χ4v) is 2.62. The third kappa shape index (κ3) is 5.65. The molecule has 0 radical (unpaired) electrons. The molecule has 0 saturated heterocycles. The van der Waals surface area contributed by atoms with E-state index in [1.165, 1.54) is 6.20 Å². The first-order valence-electron chi connectivity index (χ1n) is 8.83. The molecule has 0 aromatic heterocycles. The van der Waals surface area contributed by atoms with Crippen molar-refractivity contribution in [2.75, 3.05) is 18.1 Å². The second kappa shape index (κ2) is 10.8. The standard InChI is InChI=1S/C21H22N2O4S/c1-3-26-19(24)18(20(25)27-4-2)15-22-21(28)23(16-11-7-5-8-12-16)17-13-9-6-10-14-17/h5-15H,3-4H2,1-2H3,(H,22,28). The van der Waals surface area contributed by atoms with Crippen molar-refractivity contribution in [3.05, 3.63) is 72.4 Å². The number of nitrogens with one attached hydrogen (secondary N) is 1. The summed E-state index contributed by atoms with van der Waals surface area (Å²) in [6.45, 7) is 3.59. The maximum Gasteiger partial charge on any atom is 0.347 e. The SMILES string of the molecule is CCOC(=O)C(=CNC(=S)N(c1ccccc1)c1ccccc1)C(=O)OCC. The number of carbonyl (C=O) groups excluding carboxylic acids is 2. The van der Waals surface area contributed by atoms with E-state index in [1.807, 2.05) is 60.7 Å². The summed E-state index contributed by atoms with van der Waals surface area (Å²) in [5, 5.41) is 3.13. The normalized spacial score (nSPS) is 9.79. The van der Waals surface area contributed by atoms with Gasteiger partial charge in [-0.25, -0.2) is 9.59 Å². The summed E-state index contributed by atoms with van der Waals surface area (Å²) < 4.78 is 9.86. The first kappa shape index (κ1) is 21.1. The summed E-state index contributed by atoms with van der Waals surface area (Å²) in [7, 11) is 0. The lowest BCUT2D eigenvalue weighted by Gasteiger charge is -2.25. The zero-order valence-electron chi connectivity index (χ0n) is 15.8. The van der Waals surface area contributed by atoms with Crippen LogP contribution in [0, 0.1) is 0 Å². The van der Waals surface area contributed by atoms with Crippen LogP contribution in [0.1, 0.15) is 13.8 Å². The highest BCUT2D eigenvalue weighted by atomic mass is 32.1. The second-order valence-electron chi connectivity index (χ2n) is 5.45. The molecule has 0 heterocycles. The van der Waals surface area contributed by atoms with Crippen LogP contribution in [0.3, 0.4) is 0 Å². The molecule has 7 heteroatoms. The fraction of sp³-hybridized carbons (Fsp3) is 0.190. The van der Waals surface area contributed by atoms with E-state index < -0.39 is 11.9 Å². The number of hydrogen-bond acceptors (Lipinski definition) is 5. The van der Waals surface area contributed by atoms with Crippen molar-refractivity contribution in [2.45, 2.75) is 13.8 Å². The smallest absolute Gasteiger partial charge is 0.347 e. The minimum atomic E-state index is -0.776. The Bertz CT molecular complexity index is 778. The molecule has 0 bridgehead atoms. The molecule has 0 fully saturated rings. The van der Waals surface area contributed by atoms with Crippen molar-refractivity contribution < 1.29 is 19.1 Å². The Morgan fingerprint density at radius 2 is 1.32 bits per heavy atom. The maximum absolute atomic E-state index is 12.1. The number of benzene rings is 2. The van der Waals surface area contributed by atoms with Crippen molar-refractivity contribution in [1.29, 1.82) is 0 Å². The Hall–Kier alpha value is -3.19. The predicted molar refractivity (Wildman–Crippen MR) is 112 cm³/mol. The topological polar surface area (TPSA) is 67.9 Å². The van der Waals surface area contributed by atoms with E-state index in [-0.39, 0.29) is 23.9 Å². The van der Waals surface area contributed by atoms with Crippen molar-refractivity contribution in [3.8, 4) is 0 Å². The van der Waals surface area contributed by atoms with Gasteiger partial charge >= 0.3 is 11.9 Å². The van der Waals surface area contributed by atoms with Gasteiger partial charge in [-0.2, -0.15) is 0 Å². The Labute approximate surface area is 169 Å². The van der Waals surface area contributed by atoms with E-state index >= 15 is 0 Å². The summed E-state index contributed by atoms with van der Waals surface area (Å²) in [5.41, 5.74) is 1.40. The molecule has 2 rings (SSSR count). The molecule has 6 nitrogen and oxygen atoms in total. The third-order valence-corrected chi connectivity index (χ3v) is 3.86. The molecule has 1 N–H and O–H groups in total. The third-order valence-electron chi connectivity index (χ3n) is 3.56. The number of anilines is 2. The zero-order valence-corrected chi connectivity index (χ0v) is 16.6. The molecule has 2 aromatic carbocycles. The van der Waals surface area contributed by atoms with Gasteiger partial charge in [0.25, 0.3) is 0 Å². The molecular formula is C21H22N2O4S. The van der Waals surface area contributed by atoms with Crippen molar-refractivity contribution >= 4 is 40.6 Å². The summed E-state index contributed by atoms with van der Waals surface area (Å²) in [6, 6.07) is 19.0. The lowest BCUT2D eigenvalue weighted by molar-refractivity contribution is -0.146. The highest BCUT2D eigenvalue weighted by Crippen LogP contribution is 2.25. The van der Waals surface area contributed by atoms with Crippen molar-refractivity contribution in [2.24, 2.45) is 0 Å². The number of ether oxygens (including phenoxy) is 2. The molecule has 0 aliphatic heterocycles. The predicted octanol–water partition coefficient (Wildman–Crippen LogP) is 3.71. The number of nitrogens with zero attached hydrogens (tertiary/aromatic N) is 1. The quantitative estimate of drug-likeness (QED) is 0.251. The van der Waals surface area contributed by atoms with Gasteiger partial charge in [0.1, 0.15) is 0 Å². The van der Waals surface area contributed by atoms with E-state index in [9.17, 15) is 9.59 Å². The Morgan fingerprint density at radius 1 is 0.893 bits per heavy atom. The van der Waals surface area contributed by atoms with Gasteiger partial charge in [0.05, 0.1) is 13.2 Å². The van der Waals surface area contributed by atoms with Crippen LogP contribution < -0.4 is 10.2 Å². The van der Waals surface area contributed by atoms with Crippen molar-refractivity contribution in [1.82, 2.24) is 5.32 Å². The monoisotopic (exact) mass is 398 g/mol. The number of para-hydroxylation sites is 2. The summed E-state index contributed by atoms with van der Waals surface area (Å²) >= 11 is 5.53. The van der Waals surface area contributed by atoms with Gasteiger partial charge < -0.3 is 14.8 Å². The Morgan fingerprint density at radius 3 is 1.71 bits per heavy atom. The van der Waals surface area contributed by atoms with E-state index in [0.717, 1.165) is 11.4 Å². The summed E-state index contributed by atoms with van der Waals surface area (Å²) in [6.07, 6.45) is 1.22. The summed E-state index contributed by atoms with van der Waals surface area (Å²) in [4.78, 5) is 26.0. The largest absolute Gasteiger partial charge is 0.462 e. The highest BCUT2D eigenvalue weighted by molar-refractivity contribution is 7.80. The molecule has 0 aliphatic rings. The minimum Gasteiger partial charge on any atom is -0.462 e. The number of hydrogen-bond donors (Lipinski definition) is 1. The first-order valence-corrected chi connectivity index (χ1v) is 9.24. The van der Waals surface area contributed by atoms with E-state index in [1.54, 1.807) is 18.7 Å². The molecule has 0 aliphatic carbocycles. The van der Waals surface area contributed by atoms with Crippen LogP contribution in [0.2, 0.25) is 0 Å². The number of rotatable bonds is 7. The molecular weight excluding hydrogens is 376 g/mol. The molecule has 2 aromatic rings. The molecule has 0 unspecified atom stereocenters. The van der Waals surface area contributed by atoms with Crippen LogP contribution in [0.5, 0.6) is 0 Å². The van der Waals surface area contributed by atoms with Crippen LogP contribution in [-0.4, -0.2) is 30.3 Å². The van der Waals surface area contributed by atoms with Gasteiger partial charge in [-0.3, -0.25) is 4.90 Å². The van der Waals surface area contributed by atoms with Crippen LogP contribution in [-0.2, 0) is 19.1 Å². The van der Waals surface area contributed by atoms with Crippen molar-refractivity contribution in [3.63, 3.8) is 0 Å². The van der Waals surface area contributed by atoms with Gasteiger partial charge in [-0.15, -0.1) is 0 Å². The first-order chi connectivity index (χ1) is 13.6. The molecule has 146 valence electrons. The Kier molecular flexibility index (Phi) is 8.17. The summed E-state index contributed by atoms with van der Waals surface area (Å²) in [5.74, 6) is -1.55. The Balaban J connectivity index is 2.32. The molecule has 28 heavy (non-hydrogen) atoms. The number of esters is 2. The molecule has 0 amide bonds. The van der Waals surface area contributed by atoms with Gasteiger partial charge in [0, 0.05) is 17.6 Å². The molecule has 0 saturated carbocycles. The molecule has 0 atom stereocenters. The highest BCUT2D eigenvalue weighted by Gasteiger charge is 2.22. The van der Waals surface area contributed by atoms with E-state index in [2.05, 4.69) is 5.32 Å². The van der Waals surface area contributed by atoms with Crippen LogP contribution in [0.25, 0.3) is 0 Å².